The van der Waals surface area contributed by atoms with Crippen molar-refractivity contribution in [1.82, 2.24) is 5.32 Å². The third-order valence-corrected chi connectivity index (χ3v) is 3.73. The van der Waals surface area contributed by atoms with Gasteiger partial charge in [-0.3, -0.25) is 0 Å². The maximum absolute atomic E-state index is 13.5. The number of halogens is 3. The molecule has 1 nitrogen and oxygen atoms in total. The first-order valence-electron chi connectivity index (χ1n) is 6.55. The highest BCUT2D eigenvalue weighted by Gasteiger charge is 2.15. The van der Waals surface area contributed by atoms with Crippen LogP contribution in [0.3, 0.4) is 0 Å². The van der Waals surface area contributed by atoms with Crippen LogP contribution in [0.25, 0.3) is 0 Å². The van der Waals surface area contributed by atoms with Gasteiger partial charge >= 0.3 is 0 Å². The van der Waals surface area contributed by atoms with E-state index in [0.29, 0.717) is 0 Å². The predicted molar refractivity (Wildman–Crippen MR) is 85.7 cm³/mol. The number of nitrogens with one attached hydrogen (secondary N) is 1. The summed E-state index contributed by atoms with van der Waals surface area (Å²) in [6.45, 7) is 2.89. The average Bonchev–Trinajstić information content (AvgIpc) is 2.43. The molecular weight excluding hydrogens is 371 g/mol. The van der Waals surface area contributed by atoms with Crippen molar-refractivity contribution in [2.45, 2.75) is 19.4 Å². The molecule has 0 heterocycles. The van der Waals surface area contributed by atoms with Crippen LogP contribution in [-0.4, -0.2) is 6.54 Å². The molecule has 0 spiro atoms. The highest BCUT2D eigenvalue weighted by atomic mass is 127. The van der Waals surface area contributed by atoms with E-state index in [4.69, 9.17) is 0 Å². The second-order valence-electron chi connectivity index (χ2n) is 4.62. The van der Waals surface area contributed by atoms with Gasteiger partial charge in [-0.1, -0.05) is 25.1 Å². The lowest BCUT2D eigenvalue weighted by Gasteiger charge is -2.20. The zero-order valence-corrected chi connectivity index (χ0v) is 13.3. The SMILES string of the molecule is CCCNC(c1cccc(I)c1)c1ccc(F)c(F)c1. The van der Waals surface area contributed by atoms with E-state index < -0.39 is 11.6 Å². The van der Waals surface area contributed by atoms with Gasteiger partial charge in [-0.05, 0) is 70.9 Å². The lowest BCUT2D eigenvalue weighted by atomic mass is 9.98. The summed E-state index contributed by atoms with van der Waals surface area (Å²) in [5.41, 5.74) is 1.79. The predicted octanol–water partition coefficient (Wildman–Crippen LogP) is 4.66. The molecule has 0 bridgehead atoms. The number of rotatable bonds is 5. The summed E-state index contributed by atoms with van der Waals surface area (Å²) in [6, 6.07) is 12.0. The van der Waals surface area contributed by atoms with Crippen LogP contribution < -0.4 is 5.32 Å². The minimum atomic E-state index is -0.814. The molecule has 2 aromatic carbocycles. The highest BCUT2D eigenvalue weighted by molar-refractivity contribution is 14.1. The molecule has 1 N–H and O–H groups in total. The molecule has 0 radical (unpaired) electrons. The number of hydrogen-bond acceptors (Lipinski definition) is 1. The Bertz CT molecular complexity index is 586. The number of benzene rings is 2. The second kappa shape index (κ2) is 7.13. The smallest absolute Gasteiger partial charge is 0.159 e. The van der Waals surface area contributed by atoms with Gasteiger partial charge in [0.05, 0.1) is 6.04 Å². The quantitative estimate of drug-likeness (QED) is 0.737. The van der Waals surface area contributed by atoms with Gasteiger partial charge in [-0.15, -0.1) is 0 Å². The lowest BCUT2D eigenvalue weighted by molar-refractivity contribution is 0.503. The molecule has 20 heavy (non-hydrogen) atoms. The van der Waals surface area contributed by atoms with Crippen molar-refractivity contribution >= 4 is 22.6 Å². The molecule has 2 rings (SSSR count). The van der Waals surface area contributed by atoms with E-state index in [1.54, 1.807) is 6.07 Å². The van der Waals surface area contributed by atoms with Gasteiger partial charge < -0.3 is 5.32 Å². The molecule has 106 valence electrons. The van der Waals surface area contributed by atoms with Crippen LogP contribution in [0.2, 0.25) is 0 Å². The summed E-state index contributed by atoms with van der Waals surface area (Å²) in [6.07, 6.45) is 0.976. The Kier molecular flexibility index (Phi) is 5.48. The molecular formula is C16H16F2IN. The molecule has 0 aliphatic rings. The van der Waals surface area contributed by atoms with Crippen molar-refractivity contribution in [3.05, 3.63) is 68.8 Å². The molecule has 0 fully saturated rings. The van der Waals surface area contributed by atoms with Crippen LogP contribution in [0.1, 0.15) is 30.5 Å². The van der Waals surface area contributed by atoms with E-state index >= 15 is 0 Å². The first kappa shape index (κ1) is 15.4. The first-order chi connectivity index (χ1) is 9.61. The minimum Gasteiger partial charge on any atom is -0.306 e. The molecule has 1 unspecified atom stereocenters. The second-order valence-corrected chi connectivity index (χ2v) is 5.86. The Labute approximate surface area is 131 Å². The van der Waals surface area contributed by atoms with Gasteiger partial charge in [0.1, 0.15) is 0 Å². The fraction of sp³-hybridized carbons (Fsp3) is 0.250. The van der Waals surface area contributed by atoms with Gasteiger partial charge in [-0.2, -0.15) is 0 Å². The highest BCUT2D eigenvalue weighted by Crippen LogP contribution is 2.25. The Morgan fingerprint density at radius 3 is 2.45 bits per heavy atom. The van der Waals surface area contributed by atoms with E-state index in [-0.39, 0.29) is 6.04 Å². The molecule has 0 saturated heterocycles. The zero-order chi connectivity index (χ0) is 14.5. The first-order valence-corrected chi connectivity index (χ1v) is 7.63. The van der Waals surface area contributed by atoms with Crippen LogP contribution in [-0.2, 0) is 0 Å². The summed E-state index contributed by atoms with van der Waals surface area (Å²) >= 11 is 2.25. The van der Waals surface area contributed by atoms with Crippen LogP contribution in [0.4, 0.5) is 8.78 Å². The van der Waals surface area contributed by atoms with Crippen molar-refractivity contribution in [3.8, 4) is 0 Å². The molecule has 2 aromatic rings. The van der Waals surface area contributed by atoms with Crippen LogP contribution in [0.5, 0.6) is 0 Å². The Morgan fingerprint density at radius 1 is 1.05 bits per heavy atom. The fourth-order valence-corrected chi connectivity index (χ4v) is 2.66. The zero-order valence-electron chi connectivity index (χ0n) is 11.2. The summed E-state index contributed by atoms with van der Waals surface area (Å²) in [5, 5.41) is 3.38. The third kappa shape index (κ3) is 3.76. The molecule has 0 aliphatic heterocycles. The van der Waals surface area contributed by atoms with E-state index in [2.05, 4.69) is 40.9 Å². The van der Waals surface area contributed by atoms with Crippen LogP contribution in [0, 0.1) is 15.2 Å². The van der Waals surface area contributed by atoms with Crippen molar-refractivity contribution in [3.63, 3.8) is 0 Å². The van der Waals surface area contributed by atoms with Gasteiger partial charge in [-0.25, -0.2) is 8.78 Å². The maximum atomic E-state index is 13.5. The summed E-state index contributed by atoms with van der Waals surface area (Å²) < 4.78 is 27.7. The van der Waals surface area contributed by atoms with Gasteiger partial charge in [0.2, 0.25) is 0 Å². The molecule has 0 amide bonds. The summed E-state index contributed by atoms with van der Waals surface area (Å²) in [7, 11) is 0. The average molecular weight is 387 g/mol. The van der Waals surface area contributed by atoms with E-state index in [0.717, 1.165) is 27.7 Å². The van der Waals surface area contributed by atoms with Crippen molar-refractivity contribution < 1.29 is 8.78 Å². The normalized spacial score (nSPS) is 12.4. The third-order valence-electron chi connectivity index (χ3n) is 3.06. The maximum Gasteiger partial charge on any atom is 0.159 e. The monoisotopic (exact) mass is 387 g/mol. The molecule has 0 aromatic heterocycles. The summed E-state index contributed by atoms with van der Waals surface area (Å²) in [4.78, 5) is 0. The van der Waals surface area contributed by atoms with Crippen molar-refractivity contribution in [2.24, 2.45) is 0 Å². The van der Waals surface area contributed by atoms with Crippen LogP contribution in [0.15, 0.2) is 42.5 Å². The van der Waals surface area contributed by atoms with Gasteiger partial charge in [0.25, 0.3) is 0 Å². The summed E-state index contributed by atoms with van der Waals surface area (Å²) in [5.74, 6) is -1.62. The van der Waals surface area contributed by atoms with Gasteiger partial charge in [0, 0.05) is 3.57 Å². The molecule has 0 aliphatic carbocycles. The molecule has 1 atom stereocenters. The van der Waals surface area contributed by atoms with E-state index in [1.807, 2.05) is 18.2 Å². The topological polar surface area (TPSA) is 12.0 Å². The number of hydrogen-bond donors (Lipinski definition) is 1. The Balaban J connectivity index is 2.38. The molecule has 4 heteroatoms. The van der Waals surface area contributed by atoms with Crippen molar-refractivity contribution in [2.75, 3.05) is 6.54 Å². The van der Waals surface area contributed by atoms with E-state index in [1.165, 1.54) is 12.1 Å². The molecule has 0 saturated carbocycles. The standard InChI is InChI=1S/C16H16F2IN/c1-2-8-20-16(11-4-3-5-13(19)9-11)12-6-7-14(17)15(18)10-12/h3-7,9-10,16,20H,2,8H2,1H3. The van der Waals surface area contributed by atoms with E-state index in [9.17, 15) is 8.78 Å². The van der Waals surface area contributed by atoms with Crippen LogP contribution >= 0.6 is 22.6 Å². The Morgan fingerprint density at radius 2 is 1.80 bits per heavy atom. The fourth-order valence-electron chi connectivity index (χ4n) is 2.09. The van der Waals surface area contributed by atoms with Gasteiger partial charge in [0.15, 0.2) is 11.6 Å². The van der Waals surface area contributed by atoms with Crippen molar-refractivity contribution in [1.29, 1.82) is 0 Å². The minimum absolute atomic E-state index is 0.125. The Hall–Kier alpha value is -1.01. The lowest BCUT2D eigenvalue weighted by Crippen LogP contribution is -2.23. The largest absolute Gasteiger partial charge is 0.306 e.